The van der Waals surface area contributed by atoms with Crippen LogP contribution in [0.25, 0.3) is 0 Å². The Bertz CT molecular complexity index is 399. The minimum atomic E-state index is 0.0721. The van der Waals surface area contributed by atoms with Crippen LogP contribution in [-0.2, 0) is 11.2 Å². The molecule has 0 saturated heterocycles. The Labute approximate surface area is 120 Å². The van der Waals surface area contributed by atoms with Gasteiger partial charge in [-0.2, -0.15) is 0 Å². The maximum Gasteiger partial charge on any atom is 0.220 e. The van der Waals surface area contributed by atoms with E-state index in [0.29, 0.717) is 19.4 Å². The fourth-order valence-corrected chi connectivity index (χ4v) is 1.85. The average molecular weight is 280 g/mol. The van der Waals surface area contributed by atoms with E-state index in [1.165, 1.54) is 0 Å². The van der Waals surface area contributed by atoms with Gasteiger partial charge in [-0.3, -0.25) is 4.79 Å². The number of carbonyl (C=O) groups is 1. The molecule has 112 valence electrons. The Morgan fingerprint density at radius 1 is 1.10 bits per heavy atom. The van der Waals surface area contributed by atoms with Crippen molar-refractivity contribution in [3.05, 3.63) is 23.8 Å². The Kier molecular flexibility index (Phi) is 7.50. The summed E-state index contributed by atoms with van der Waals surface area (Å²) >= 11 is 0. The molecule has 0 fully saturated rings. The molecule has 0 saturated carbocycles. The van der Waals surface area contributed by atoms with Crippen LogP contribution in [-0.4, -0.2) is 40.3 Å². The lowest BCUT2D eigenvalue weighted by atomic mass is 10.1. The SMILES string of the molecule is CNCCCNC(=O)CCc1cc(OC)cc(OC)c1. The molecule has 0 bridgehead atoms. The van der Waals surface area contributed by atoms with Gasteiger partial charge in [-0.05, 0) is 44.1 Å². The number of aryl methyl sites for hydroxylation is 1. The highest BCUT2D eigenvalue weighted by Gasteiger charge is 2.05. The molecular weight excluding hydrogens is 256 g/mol. The van der Waals surface area contributed by atoms with Crippen molar-refractivity contribution >= 4 is 5.91 Å². The number of amides is 1. The molecule has 0 aromatic heterocycles. The fraction of sp³-hybridized carbons (Fsp3) is 0.533. The molecule has 1 aromatic carbocycles. The van der Waals surface area contributed by atoms with E-state index in [4.69, 9.17) is 9.47 Å². The van der Waals surface area contributed by atoms with Crippen molar-refractivity contribution in [3.63, 3.8) is 0 Å². The Balaban J connectivity index is 2.42. The first kappa shape index (κ1) is 16.3. The number of benzene rings is 1. The van der Waals surface area contributed by atoms with Crippen LogP contribution in [0, 0.1) is 0 Å². The molecule has 1 amide bonds. The first-order chi connectivity index (χ1) is 9.69. The zero-order chi connectivity index (χ0) is 14.8. The minimum absolute atomic E-state index is 0.0721. The molecule has 0 aliphatic heterocycles. The Hall–Kier alpha value is -1.75. The second-order valence-corrected chi connectivity index (χ2v) is 4.53. The summed E-state index contributed by atoms with van der Waals surface area (Å²) in [7, 11) is 5.14. The molecule has 0 unspecified atom stereocenters. The van der Waals surface area contributed by atoms with Crippen molar-refractivity contribution in [1.82, 2.24) is 10.6 Å². The summed E-state index contributed by atoms with van der Waals surface area (Å²) in [6, 6.07) is 5.68. The van der Waals surface area contributed by atoms with E-state index in [-0.39, 0.29) is 5.91 Å². The number of nitrogens with one attached hydrogen (secondary N) is 2. The van der Waals surface area contributed by atoms with Gasteiger partial charge in [0.15, 0.2) is 0 Å². The summed E-state index contributed by atoms with van der Waals surface area (Å²) in [5.74, 6) is 1.56. The summed E-state index contributed by atoms with van der Waals surface area (Å²) in [5, 5.41) is 5.95. The van der Waals surface area contributed by atoms with Gasteiger partial charge in [0.05, 0.1) is 14.2 Å². The predicted octanol–water partition coefficient (Wildman–Crippen LogP) is 1.36. The van der Waals surface area contributed by atoms with Gasteiger partial charge in [0.25, 0.3) is 0 Å². The van der Waals surface area contributed by atoms with Crippen LogP contribution in [0.3, 0.4) is 0 Å². The Morgan fingerprint density at radius 2 is 1.75 bits per heavy atom. The normalized spacial score (nSPS) is 10.2. The molecule has 20 heavy (non-hydrogen) atoms. The third kappa shape index (κ3) is 5.93. The van der Waals surface area contributed by atoms with E-state index in [9.17, 15) is 4.79 Å². The van der Waals surface area contributed by atoms with Crippen molar-refractivity contribution in [3.8, 4) is 11.5 Å². The molecule has 5 heteroatoms. The van der Waals surface area contributed by atoms with E-state index >= 15 is 0 Å². The van der Waals surface area contributed by atoms with Gasteiger partial charge in [0.2, 0.25) is 5.91 Å². The second-order valence-electron chi connectivity index (χ2n) is 4.53. The van der Waals surface area contributed by atoms with E-state index in [2.05, 4.69) is 10.6 Å². The van der Waals surface area contributed by atoms with Crippen molar-refractivity contribution < 1.29 is 14.3 Å². The topological polar surface area (TPSA) is 59.6 Å². The second kappa shape index (κ2) is 9.20. The van der Waals surface area contributed by atoms with Gasteiger partial charge in [-0.25, -0.2) is 0 Å². The average Bonchev–Trinajstić information content (AvgIpc) is 2.49. The number of methoxy groups -OCH3 is 2. The monoisotopic (exact) mass is 280 g/mol. The van der Waals surface area contributed by atoms with E-state index < -0.39 is 0 Å². The van der Waals surface area contributed by atoms with Crippen LogP contribution >= 0.6 is 0 Å². The number of hydrogen-bond donors (Lipinski definition) is 2. The van der Waals surface area contributed by atoms with Gasteiger partial charge in [-0.15, -0.1) is 0 Å². The Morgan fingerprint density at radius 3 is 2.30 bits per heavy atom. The molecule has 0 spiro atoms. The van der Waals surface area contributed by atoms with Gasteiger partial charge < -0.3 is 20.1 Å². The predicted molar refractivity (Wildman–Crippen MR) is 79.4 cm³/mol. The molecule has 0 atom stereocenters. The van der Waals surface area contributed by atoms with Crippen molar-refractivity contribution in [1.29, 1.82) is 0 Å². The molecule has 5 nitrogen and oxygen atoms in total. The summed E-state index contributed by atoms with van der Waals surface area (Å²) in [5.41, 5.74) is 1.03. The van der Waals surface area contributed by atoms with Gasteiger partial charge in [-0.1, -0.05) is 0 Å². The van der Waals surface area contributed by atoms with Crippen LogP contribution < -0.4 is 20.1 Å². The first-order valence-electron chi connectivity index (χ1n) is 6.83. The van der Waals surface area contributed by atoms with Crippen LogP contribution in [0.4, 0.5) is 0 Å². The zero-order valence-corrected chi connectivity index (χ0v) is 12.5. The molecular formula is C15H24N2O3. The van der Waals surface area contributed by atoms with E-state index in [0.717, 1.165) is 30.0 Å². The number of ether oxygens (including phenoxy) is 2. The number of rotatable bonds is 9. The van der Waals surface area contributed by atoms with Gasteiger partial charge in [0.1, 0.15) is 11.5 Å². The highest BCUT2D eigenvalue weighted by Crippen LogP contribution is 2.23. The van der Waals surface area contributed by atoms with Crippen LogP contribution in [0.15, 0.2) is 18.2 Å². The minimum Gasteiger partial charge on any atom is -0.497 e. The lowest BCUT2D eigenvalue weighted by Gasteiger charge is -2.09. The molecule has 0 aliphatic rings. The maximum absolute atomic E-state index is 11.7. The first-order valence-corrected chi connectivity index (χ1v) is 6.83. The quantitative estimate of drug-likeness (QED) is 0.671. The summed E-state index contributed by atoms with van der Waals surface area (Å²) in [4.78, 5) is 11.7. The van der Waals surface area contributed by atoms with Crippen LogP contribution in [0.1, 0.15) is 18.4 Å². The fourth-order valence-electron chi connectivity index (χ4n) is 1.85. The highest BCUT2D eigenvalue weighted by molar-refractivity contribution is 5.76. The molecule has 0 radical (unpaired) electrons. The van der Waals surface area contributed by atoms with Crippen LogP contribution in [0.2, 0.25) is 0 Å². The smallest absolute Gasteiger partial charge is 0.220 e. The van der Waals surface area contributed by atoms with Gasteiger partial charge >= 0.3 is 0 Å². The maximum atomic E-state index is 11.7. The number of carbonyl (C=O) groups excluding carboxylic acids is 1. The lowest BCUT2D eigenvalue weighted by molar-refractivity contribution is -0.121. The van der Waals surface area contributed by atoms with E-state index in [1.807, 2.05) is 25.2 Å². The zero-order valence-electron chi connectivity index (χ0n) is 12.5. The highest BCUT2D eigenvalue weighted by atomic mass is 16.5. The van der Waals surface area contributed by atoms with E-state index in [1.54, 1.807) is 14.2 Å². The van der Waals surface area contributed by atoms with Crippen molar-refractivity contribution in [2.45, 2.75) is 19.3 Å². The summed E-state index contributed by atoms with van der Waals surface area (Å²) in [6.45, 7) is 1.62. The van der Waals surface area contributed by atoms with Crippen molar-refractivity contribution in [2.75, 3.05) is 34.4 Å². The molecule has 2 N–H and O–H groups in total. The van der Waals surface area contributed by atoms with Gasteiger partial charge in [0, 0.05) is 19.0 Å². The molecule has 0 heterocycles. The molecule has 1 aromatic rings. The standard InChI is InChI=1S/C15H24N2O3/c1-16-7-4-8-17-15(18)6-5-12-9-13(19-2)11-14(10-12)20-3/h9-11,16H,4-8H2,1-3H3,(H,17,18). The van der Waals surface area contributed by atoms with Crippen molar-refractivity contribution in [2.24, 2.45) is 0 Å². The molecule has 1 rings (SSSR count). The third-order valence-corrected chi connectivity index (χ3v) is 2.98. The van der Waals surface area contributed by atoms with Crippen LogP contribution in [0.5, 0.6) is 11.5 Å². The lowest BCUT2D eigenvalue weighted by Crippen LogP contribution is -2.26. The summed E-state index contributed by atoms with van der Waals surface area (Å²) < 4.78 is 10.4. The summed E-state index contributed by atoms with van der Waals surface area (Å²) in [6.07, 6.45) is 2.08. The number of hydrogen-bond acceptors (Lipinski definition) is 4. The molecule has 0 aliphatic carbocycles. The largest absolute Gasteiger partial charge is 0.497 e. The third-order valence-electron chi connectivity index (χ3n) is 2.98.